The molecule has 0 saturated carbocycles. The number of amides is 2. The average molecular weight is 608 g/mol. The number of esters is 1. The Balaban J connectivity index is 0.000000198. The Morgan fingerprint density at radius 2 is 1.93 bits per heavy atom. The van der Waals surface area contributed by atoms with Gasteiger partial charge in [-0.25, -0.2) is 9.50 Å². The third-order valence-corrected chi connectivity index (χ3v) is 6.66. The van der Waals surface area contributed by atoms with Gasteiger partial charge < -0.3 is 21.5 Å². The number of pyridine rings is 1. The third-order valence-electron chi connectivity index (χ3n) is 6.66. The highest BCUT2D eigenvalue weighted by atomic mass is 16.5. The largest absolute Gasteiger partial charge is 0.466 e. The van der Waals surface area contributed by atoms with Gasteiger partial charge in [0.15, 0.2) is 11.5 Å². The molecule has 0 radical (unpaired) electrons. The van der Waals surface area contributed by atoms with E-state index in [1.165, 1.54) is 4.52 Å². The number of primary amides is 1. The van der Waals surface area contributed by atoms with Crippen molar-refractivity contribution in [3.8, 4) is 17.5 Å². The summed E-state index contributed by atoms with van der Waals surface area (Å²) in [5.74, 6) is 5.55. The van der Waals surface area contributed by atoms with E-state index in [-0.39, 0.29) is 22.9 Å². The van der Waals surface area contributed by atoms with Gasteiger partial charge >= 0.3 is 5.97 Å². The summed E-state index contributed by atoms with van der Waals surface area (Å²) in [7, 11) is 0. The molecule has 0 aliphatic carbocycles. The Morgan fingerprint density at radius 3 is 2.58 bits per heavy atom. The number of nitrogens with zero attached hydrogens (tertiary/aromatic N) is 4. The molecule has 230 valence electrons. The van der Waals surface area contributed by atoms with Crippen molar-refractivity contribution in [3.63, 3.8) is 0 Å². The SMILES string of the molecule is CCc1cc2cccc(C#CCCNC=O)c2c(=O)n1-c1ccccc1.NC(=O)c1c(N)nn2cccnc12.O=C1CCCO1. The number of hydrogen-bond donors (Lipinski definition) is 3. The molecule has 12 nitrogen and oxygen atoms in total. The van der Waals surface area contributed by atoms with E-state index < -0.39 is 5.91 Å². The fourth-order valence-corrected chi connectivity index (χ4v) is 4.61. The number of anilines is 1. The van der Waals surface area contributed by atoms with Gasteiger partial charge in [-0.2, -0.15) is 0 Å². The average Bonchev–Trinajstić information content (AvgIpc) is 3.67. The molecule has 0 spiro atoms. The zero-order chi connectivity index (χ0) is 32.2. The third kappa shape index (κ3) is 7.91. The number of cyclic esters (lactones) is 1. The summed E-state index contributed by atoms with van der Waals surface area (Å²) in [5, 5.41) is 7.97. The quantitative estimate of drug-likeness (QED) is 0.114. The summed E-state index contributed by atoms with van der Waals surface area (Å²) in [6.07, 6.45) is 6.68. The Kier molecular flexibility index (Phi) is 11.0. The molecule has 1 fully saturated rings. The van der Waals surface area contributed by atoms with Crippen LogP contribution in [0.4, 0.5) is 5.82 Å². The number of benzene rings is 2. The van der Waals surface area contributed by atoms with Gasteiger partial charge in [0.05, 0.1) is 12.0 Å². The van der Waals surface area contributed by atoms with Gasteiger partial charge in [0.25, 0.3) is 11.5 Å². The van der Waals surface area contributed by atoms with Crippen LogP contribution in [0.15, 0.2) is 77.9 Å². The molecule has 2 aromatic carbocycles. The van der Waals surface area contributed by atoms with Crippen molar-refractivity contribution in [2.75, 3.05) is 18.9 Å². The fourth-order valence-electron chi connectivity index (χ4n) is 4.61. The molecule has 3 aromatic heterocycles. The summed E-state index contributed by atoms with van der Waals surface area (Å²) in [5.41, 5.74) is 13.6. The molecule has 6 rings (SSSR count). The van der Waals surface area contributed by atoms with Crippen LogP contribution in [0.1, 0.15) is 47.8 Å². The standard InChI is InChI=1S/C22H20N2O2.C7H7N5O.C4H6O2/c1-2-19-15-18-11-8-10-17(9-6-7-14-23-16-25)21(18)22(26)24(19)20-12-4-3-5-13-20;8-5-4(6(9)13)7-10-2-1-3-12(7)11-5;5-4-2-1-3-6-4/h3-5,8,10-13,15-16H,2,7,14H2,1H3,(H,23,25);1-3H,(H2,8,11)(H2,9,13);1-3H2. The fraction of sp³-hybridized carbons (Fsp3) is 0.212. The van der Waals surface area contributed by atoms with Gasteiger partial charge in [-0.15, -0.1) is 5.10 Å². The lowest BCUT2D eigenvalue weighted by molar-refractivity contribution is -0.137. The van der Waals surface area contributed by atoms with E-state index in [9.17, 15) is 19.2 Å². The second-order valence-corrected chi connectivity index (χ2v) is 9.70. The van der Waals surface area contributed by atoms with Crippen LogP contribution in [0, 0.1) is 11.8 Å². The van der Waals surface area contributed by atoms with Crippen LogP contribution in [-0.4, -0.2) is 50.6 Å². The van der Waals surface area contributed by atoms with Crippen molar-refractivity contribution in [3.05, 3.63) is 100 Å². The van der Waals surface area contributed by atoms with E-state index in [2.05, 4.69) is 38.0 Å². The minimum atomic E-state index is -0.619. The summed E-state index contributed by atoms with van der Waals surface area (Å²) in [6, 6.07) is 19.1. The van der Waals surface area contributed by atoms with Crippen molar-refractivity contribution in [1.82, 2.24) is 24.5 Å². The summed E-state index contributed by atoms with van der Waals surface area (Å²) in [4.78, 5) is 48.5. The lowest BCUT2D eigenvalue weighted by Gasteiger charge is -2.14. The first-order chi connectivity index (χ1) is 21.8. The number of para-hydroxylation sites is 1. The molecule has 1 aliphatic rings. The zero-order valence-electron chi connectivity index (χ0n) is 24.7. The molecular formula is C33H33N7O5. The van der Waals surface area contributed by atoms with E-state index in [1.54, 1.807) is 23.0 Å². The topological polar surface area (TPSA) is 177 Å². The van der Waals surface area contributed by atoms with Crippen LogP contribution in [-0.2, 0) is 20.7 Å². The van der Waals surface area contributed by atoms with Crippen molar-refractivity contribution in [2.45, 2.75) is 32.6 Å². The molecular weight excluding hydrogens is 574 g/mol. The minimum Gasteiger partial charge on any atom is -0.466 e. The van der Waals surface area contributed by atoms with Crippen LogP contribution in [0.25, 0.3) is 22.1 Å². The number of nitrogens with one attached hydrogen (secondary N) is 1. The van der Waals surface area contributed by atoms with Gasteiger partial charge in [0, 0.05) is 48.7 Å². The van der Waals surface area contributed by atoms with E-state index in [0.717, 1.165) is 29.6 Å². The number of nitrogen functional groups attached to an aromatic ring is 1. The van der Waals surface area contributed by atoms with Crippen LogP contribution < -0.4 is 22.3 Å². The Morgan fingerprint density at radius 1 is 1.13 bits per heavy atom. The number of aromatic nitrogens is 4. The molecule has 12 heteroatoms. The minimum absolute atomic E-state index is 0.0463. The first-order valence-electron chi connectivity index (χ1n) is 14.3. The maximum Gasteiger partial charge on any atom is 0.305 e. The number of carbonyl (C=O) groups is 3. The maximum absolute atomic E-state index is 13.3. The molecule has 5 aromatic rings. The number of aryl methyl sites for hydroxylation is 1. The molecule has 1 aliphatic heterocycles. The monoisotopic (exact) mass is 607 g/mol. The van der Waals surface area contributed by atoms with Gasteiger partial charge in [0.1, 0.15) is 5.56 Å². The second-order valence-electron chi connectivity index (χ2n) is 9.70. The van der Waals surface area contributed by atoms with Crippen molar-refractivity contribution >= 4 is 40.5 Å². The van der Waals surface area contributed by atoms with Crippen LogP contribution in [0.5, 0.6) is 0 Å². The number of hydrogen-bond acceptors (Lipinski definition) is 8. The first kappa shape index (κ1) is 32.0. The molecule has 45 heavy (non-hydrogen) atoms. The second kappa shape index (κ2) is 15.5. The van der Waals surface area contributed by atoms with Gasteiger partial charge in [-0.3, -0.25) is 23.7 Å². The van der Waals surface area contributed by atoms with Crippen molar-refractivity contribution < 1.29 is 19.1 Å². The molecule has 0 atom stereocenters. The maximum atomic E-state index is 13.3. The van der Waals surface area contributed by atoms with Crippen molar-refractivity contribution in [1.29, 1.82) is 0 Å². The normalized spacial score (nSPS) is 11.7. The summed E-state index contributed by atoms with van der Waals surface area (Å²) in [6.45, 7) is 3.18. The van der Waals surface area contributed by atoms with Gasteiger partial charge in [-0.05, 0) is 48.6 Å². The number of ether oxygens (including phenoxy) is 1. The van der Waals surface area contributed by atoms with Crippen LogP contribution in [0.3, 0.4) is 0 Å². The number of carbonyl (C=O) groups excluding carboxylic acids is 3. The highest BCUT2D eigenvalue weighted by Crippen LogP contribution is 2.19. The van der Waals surface area contributed by atoms with E-state index in [4.69, 9.17) is 11.5 Å². The number of nitrogens with two attached hydrogens (primary N) is 2. The molecule has 0 unspecified atom stereocenters. The van der Waals surface area contributed by atoms with Crippen molar-refractivity contribution in [2.24, 2.45) is 5.73 Å². The van der Waals surface area contributed by atoms with E-state index >= 15 is 0 Å². The summed E-state index contributed by atoms with van der Waals surface area (Å²) >= 11 is 0. The Labute approximate surface area is 259 Å². The Hall–Kier alpha value is -5.96. The van der Waals surface area contributed by atoms with Gasteiger partial charge in [0.2, 0.25) is 6.41 Å². The predicted octanol–water partition coefficient (Wildman–Crippen LogP) is 2.77. The lowest BCUT2D eigenvalue weighted by atomic mass is 10.0. The number of rotatable bonds is 6. The predicted molar refractivity (Wildman–Crippen MR) is 171 cm³/mol. The highest BCUT2D eigenvalue weighted by molar-refractivity contribution is 6.03. The highest BCUT2D eigenvalue weighted by Gasteiger charge is 2.15. The first-order valence-corrected chi connectivity index (χ1v) is 14.3. The van der Waals surface area contributed by atoms with E-state index in [0.29, 0.717) is 49.0 Å². The lowest BCUT2D eigenvalue weighted by Crippen LogP contribution is -2.22. The molecule has 4 heterocycles. The molecule has 5 N–H and O–H groups in total. The van der Waals surface area contributed by atoms with Crippen LogP contribution in [0.2, 0.25) is 0 Å². The van der Waals surface area contributed by atoms with Crippen LogP contribution >= 0.6 is 0 Å². The Bertz CT molecular complexity index is 1930. The van der Waals surface area contributed by atoms with Gasteiger partial charge in [-0.1, -0.05) is 49.1 Å². The number of fused-ring (bicyclic) bond motifs is 2. The summed E-state index contributed by atoms with van der Waals surface area (Å²) < 4.78 is 7.69. The van der Waals surface area contributed by atoms with E-state index in [1.807, 2.05) is 55.5 Å². The smallest absolute Gasteiger partial charge is 0.305 e. The zero-order valence-corrected chi connectivity index (χ0v) is 24.7. The molecule has 1 saturated heterocycles. The molecule has 2 amide bonds. The molecule has 0 bridgehead atoms.